The molecule has 1 N–H and O–H groups in total. The van der Waals surface area contributed by atoms with Crippen LogP contribution in [0.4, 0.5) is 0 Å². The van der Waals surface area contributed by atoms with Crippen molar-refractivity contribution in [2.75, 3.05) is 13.2 Å². The number of rotatable bonds is 0. The largest absolute Gasteiger partial charge is 0.382 e. The van der Waals surface area contributed by atoms with E-state index >= 15 is 0 Å². The molecule has 0 aromatic heterocycles. The number of hydrogen-bond acceptors (Lipinski definition) is 4. The summed E-state index contributed by atoms with van der Waals surface area (Å²) in [6.07, 6.45) is 0.966. The summed E-state index contributed by atoms with van der Waals surface area (Å²) in [6.45, 7) is 6.19. The van der Waals surface area contributed by atoms with Crippen LogP contribution < -0.4 is 0 Å². The van der Waals surface area contributed by atoms with Crippen molar-refractivity contribution >= 4 is 5.78 Å². The first-order valence-electron chi connectivity index (χ1n) is 5.37. The van der Waals surface area contributed by atoms with Crippen molar-refractivity contribution in [3.8, 4) is 0 Å². The molecule has 1 aliphatic heterocycles. The van der Waals surface area contributed by atoms with Gasteiger partial charge in [0.2, 0.25) is 0 Å². The number of aliphatic hydroxyl groups is 1. The van der Waals surface area contributed by atoms with Gasteiger partial charge in [-0.3, -0.25) is 4.79 Å². The number of carbonyl (C=O) groups is 1. The Morgan fingerprint density at radius 1 is 1.13 bits per heavy atom. The Morgan fingerprint density at radius 3 is 2.20 bits per heavy atom. The maximum Gasteiger partial charge on any atom is 0.180 e. The fourth-order valence-corrected chi connectivity index (χ4v) is 2.64. The molecule has 1 saturated carbocycles. The van der Waals surface area contributed by atoms with Crippen molar-refractivity contribution in [3.05, 3.63) is 0 Å². The molecular formula is C11H18O4. The molecule has 1 saturated heterocycles. The first-order valence-corrected chi connectivity index (χ1v) is 5.37. The molecule has 2 fully saturated rings. The molecule has 15 heavy (non-hydrogen) atoms. The van der Waals surface area contributed by atoms with Crippen molar-refractivity contribution in [2.24, 2.45) is 5.41 Å². The van der Waals surface area contributed by atoms with E-state index in [1.807, 2.05) is 0 Å². The fraction of sp³-hybridized carbons (Fsp3) is 0.909. The third-order valence-electron chi connectivity index (χ3n) is 3.70. The second kappa shape index (κ2) is 3.03. The molecule has 0 aromatic carbocycles. The smallest absolute Gasteiger partial charge is 0.180 e. The van der Waals surface area contributed by atoms with Crippen molar-refractivity contribution in [3.63, 3.8) is 0 Å². The highest BCUT2D eigenvalue weighted by atomic mass is 16.7. The van der Waals surface area contributed by atoms with Gasteiger partial charge in [0.25, 0.3) is 0 Å². The molecule has 1 unspecified atom stereocenters. The van der Waals surface area contributed by atoms with Crippen LogP contribution in [-0.2, 0) is 14.3 Å². The quantitative estimate of drug-likeness (QED) is 0.650. The minimum absolute atomic E-state index is 0.192. The Kier molecular flexibility index (Phi) is 2.23. The number of ketones is 1. The van der Waals surface area contributed by atoms with E-state index in [0.717, 1.165) is 0 Å². The van der Waals surface area contributed by atoms with E-state index in [4.69, 9.17) is 9.47 Å². The lowest BCUT2D eigenvalue weighted by atomic mass is 9.65. The van der Waals surface area contributed by atoms with E-state index in [2.05, 4.69) is 0 Å². The molecule has 0 bridgehead atoms. The monoisotopic (exact) mass is 214 g/mol. The van der Waals surface area contributed by atoms with Crippen molar-refractivity contribution in [2.45, 2.75) is 45.0 Å². The lowest BCUT2D eigenvalue weighted by Gasteiger charge is -2.48. The summed E-state index contributed by atoms with van der Waals surface area (Å²) in [7, 11) is 0. The Balaban J connectivity index is 2.36. The van der Waals surface area contributed by atoms with Gasteiger partial charge in [-0.25, -0.2) is 0 Å². The van der Waals surface area contributed by atoms with Crippen LogP contribution >= 0.6 is 0 Å². The minimum atomic E-state index is -1.25. The lowest BCUT2D eigenvalue weighted by molar-refractivity contribution is -0.251. The highest BCUT2D eigenvalue weighted by Crippen LogP contribution is 2.49. The zero-order valence-electron chi connectivity index (χ0n) is 9.50. The average molecular weight is 214 g/mol. The third-order valence-corrected chi connectivity index (χ3v) is 3.70. The number of Topliss-reactive ketones (excluding diaryl/α,β-unsaturated/α-hetero) is 1. The molecule has 0 aromatic rings. The summed E-state index contributed by atoms with van der Waals surface area (Å²) in [5.41, 5.74) is -2.03. The third kappa shape index (κ3) is 1.35. The van der Waals surface area contributed by atoms with E-state index < -0.39 is 16.8 Å². The first kappa shape index (κ1) is 11.0. The van der Waals surface area contributed by atoms with Gasteiger partial charge in [0.1, 0.15) is 5.60 Å². The zero-order chi connectivity index (χ0) is 11.3. The van der Waals surface area contributed by atoms with Crippen molar-refractivity contribution in [1.29, 1.82) is 0 Å². The summed E-state index contributed by atoms with van der Waals surface area (Å²) >= 11 is 0. The van der Waals surface area contributed by atoms with Gasteiger partial charge >= 0.3 is 0 Å². The van der Waals surface area contributed by atoms with Gasteiger partial charge < -0.3 is 14.6 Å². The summed E-state index contributed by atoms with van der Waals surface area (Å²) in [5.74, 6) is -1.00. The fourth-order valence-electron chi connectivity index (χ4n) is 2.64. The lowest BCUT2D eigenvalue weighted by Crippen LogP contribution is -2.61. The van der Waals surface area contributed by atoms with Crippen molar-refractivity contribution in [1.82, 2.24) is 0 Å². The van der Waals surface area contributed by atoms with Gasteiger partial charge in [0.05, 0.1) is 18.6 Å². The molecule has 0 radical (unpaired) electrons. The summed E-state index contributed by atoms with van der Waals surface area (Å²) in [5, 5.41) is 9.96. The van der Waals surface area contributed by atoms with E-state index in [0.29, 0.717) is 26.1 Å². The highest BCUT2D eigenvalue weighted by Gasteiger charge is 2.61. The summed E-state index contributed by atoms with van der Waals surface area (Å²) in [4.78, 5) is 12.1. The van der Waals surface area contributed by atoms with Gasteiger partial charge in [-0.2, -0.15) is 0 Å². The van der Waals surface area contributed by atoms with Gasteiger partial charge in [0.15, 0.2) is 11.6 Å². The van der Waals surface area contributed by atoms with Crippen LogP contribution in [0.3, 0.4) is 0 Å². The highest BCUT2D eigenvalue weighted by molar-refractivity contribution is 5.93. The topological polar surface area (TPSA) is 55.8 Å². The maximum absolute atomic E-state index is 12.1. The molecule has 2 rings (SSSR count). The molecule has 1 heterocycles. The SMILES string of the molecule is CC1(O)CCC2(OCCO2)C(C)(C)C1=O. The molecule has 1 aliphatic carbocycles. The van der Waals surface area contributed by atoms with Crippen LogP contribution in [0.5, 0.6) is 0 Å². The Hall–Kier alpha value is -0.450. The predicted molar refractivity (Wildman–Crippen MR) is 53.3 cm³/mol. The van der Waals surface area contributed by atoms with Crippen LogP contribution in [0.1, 0.15) is 33.6 Å². The second-order valence-corrected chi connectivity index (χ2v) is 5.18. The molecule has 1 atom stereocenters. The first-order chi connectivity index (χ1) is 6.82. The Morgan fingerprint density at radius 2 is 1.67 bits per heavy atom. The second-order valence-electron chi connectivity index (χ2n) is 5.18. The molecule has 2 aliphatic rings. The van der Waals surface area contributed by atoms with Gasteiger partial charge in [0, 0.05) is 6.42 Å². The molecule has 1 spiro atoms. The number of ether oxygens (including phenoxy) is 2. The zero-order valence-corrected chi connectivity index (χ0v) is 9.50. The maximum atomic E-state index is 12.1. The average Bonchev–Trinajstić information content (AvgIpc) is 2.61. The number of hydrogen-bond donors (Lipinski definition) is 1. The van der Waals surface area contributed by atoms with E-state index in [9.17, 15) is 9.90 Å². The standard InChI is InChI=1S/C11H18O4/c1-9(2)8(12)10(3,13)4-5-11(9)14-6-7-15-11/h13H,4-7H2,1-3H3. The molecular weight excluding hydrogens is 196 g/mol. The Bertz CT molecular complexity index is 287. The predicted octanol–water partition coefficient (Wildman–Crippen LogP) is 0.870. The summed E-state index contributed by atoms with van der Waals surface area (Å²) < 4.78 is 11.2. The van der Waals surface area contributed by atoms with Gasteiger partial charge in [-0.05, 0) is 27.2 Å². The van der Waals surface area contributed by atoms with E-state index in [1.165, 1.54) is 0 Å². The molecule has 4 heteroatoms. The molecule has 0 amide bonds. The van der Waals surface area contributed by atoms with Gasteiger partial charge in [-0.15, -0.1) is 0 Å². The van der Waals surface area contributed by atoms with Crippen LogP contribution in [0.15, 0.2) is 0 Å². The number of carbonyl (C=O) groups excluding carboxylic acids is 1. The Labute approximate surface area is 89.6 Å². The van der Waals surface area contributed by atoms with Crippen LogP contribution in [-0.4, -0.2) is 35.5 Å². The van der Waals surface area contributed by atoms with Crippen LogP contribution in [0.2, 0.25) is 0 Å². The minimum Gasteiger partial charge on any atom is -0.382 e. The van der Waals surface area contributed by atoms with Gasteiger partial charge in [-0.1, -0.05) is 0 Å². The van der Waals surface area contributed by atoms with E-state index in [1.54, 1.807) is 20.8 Å². The normalized spacial score (nSPS) is 38.5. The summed E-state index contributed by atoms with van der Waals surface area (Å²) in [6, 6.07) is 0. The van der Waals surface area contributed by atoms with Crippen LogP contribution in [0, 0.1) is 5.41 Å². The van der Waals surface area contributed by atoms with Crippen molar-refractivity contribution < 1.29 is 19.4 Å². The van der Waals surface area contributed by atoms with E-state index in [-0.39, 0.29) is 5.78 Å². The molecule has 4 nitrogen and oxygen atoms in total. The molecule has 86 valence electrons. The van der Waals surface area contributed by atoms with Crippen LogP contribution in [0.25, 0.3) is 0 Å².